The summed E-state index contributed by atoms with van der Waals surface area (Å²) in [6.07, 6.45) is 1.76. The topological polar surface area (TPSA) is 109 Å². The van der Waals surface area contributed by atoms with Crippen LogP contribution in [0.5, 0.6) is 0 Å². The van der Waals surface area contributed by atoms with E-state index in [1.54, 1.807) is 24.3 Å². The van der Waals surface area contributed by atoms with Crippen molar-refractivity contribution in [2.75, 3.05) is 13.1 Å². The summed E-state index contributed by atoms with van der Waals surface area (Å²) in [5, 5.41) is 32.1. The molecule has 3 rings (SSSR count). The number of nitrogens with zero attached hydrogens (tertiary/aromatic N) is 3. The van der Waals surface area contributed by atoms with Crippen LogP contribution in [0.15, 0.2) is 47.2 Å². The van der Waals surface area contributed by atoms with E-state index in [4.69, 9.17) is 5.73 Å². The summed E-state index contributed by atoms with van der Waals surface area (Å²) in [7, 11) is 0. The molecule has 3 N–H and O–H groups in total. The smallest absolute Gasteiger partial charge is 0.204 e. The Kier molecular flexibility index (Phi) is 3.81. The van der Waals surface area contributed by atoms with E-state index in [9.17, 15) is 20.2 Å². The summed E-state index contributed by atoms with van der Waals surface area (Å²) in [5.41, 5.74) is 5.34. The molecule has 5 nitrogen and oxygen atoms in total. The number of hydrogen-bond donors (Lipinski definition) is 2. The van der Waals surface area contributed by atoms with Gasteiger partial charge in [0.25, 0.3) is 0 Å². The maximum absolute atomic E-state index is 14.4. The van der Waals surface area contributed by atoms with Crippen LogP contribution in [-0.2, 0) is 0 Å². The Morgan fingerprint density at radius 3 is 2.54 bits per heavy atom. The molecule has 6 heteroatoms. The summed E-state index contributed by atoms with van der Waals surface area (Å²) in [4.78, 5) is 0. The van der Waals surface area contributed by atoms with Crippen molar-refractivity contribution in [3.63, 3.8) is 0 Å². The van der Waals surface area contributed by atoms with Crippen LogP contribution in [0.2, 0.25) is 0 Å². The summed E-state index contributed by atoms with van der Waals surface area (Å²) in [6.45, 7) is 0.935. The zero-order valence-electron chi connectivity index (χ0n) is 12.8. The van der Waals surface area contributed by atoms with Crippen molar-refractivity contribution in [3.8, 4) is 18.2 Å². The summed E-state index contributed by atoms with van der Waals surface area (Å²) in [5.74, 6) is -1.43. The molecule has 0 radical (unpaired) electrons. The maximum Gasteiger partial charge on any atom is 0.204 e. The van der Waals surface area contributed by atoms with E-state index in [1.807, 2.05) is 18.2 Å². The molecule has 0 saturated heterocycles. The van der Waals surface area contributed by atoms with E-state index < -0.39 is 17.2 Å². The van der Waals surface area contributed by atoms with Crippen LogP contribution in [0.4, 0.5) is 4.39 Å². The predicted octanol–water partition coefficient (Wildman–Crippen LogP) is 1.84. The van der Waals surface area contributed by atoms with Crippen LogP contribution in [0.25, 0.3) is 0 Å². The Hall–Kier alpha value is -3.14. The highest BCUT2D eigenvalue weighted by Crippen LogP contribution is 2.52. The Morgan fingerprint density at radius 1 is 1.21 bits per heavy atom. The van der Waals surface area contributed by atoms with E-state index in [1.165, 1.54) is 6.07 Å². The minimum atomic E-state index is -1.67. The first-order valence-electron chi connectivity index (χ1n) is 7.49. The van der Waals surface area contributed by atoms with Crippen molar-refractivity contribution < 1.29 is 4.39 Å². The number of halogens is 1. The maximum atomic E-state index is 14.4. The first kappa shape index (κ1) is 15.7. The fraction of sp³-hybridized carbons (Fsp3) is 0.278. The molecule has 24 heavy (non-hydrogen) atoms. The van der Waals surface area contributed by atoms with Gasteiger partial charge in [-0.15, -0.1) is 0 Å². The lowest BCUT2D eigenvalue weighted by atomic mass is 9.60. The molecule has 0 fully saturated rings. The van der Waals surface area contributed by atoms with Crippen LogP contribution >= 0.6 is 0 Å². The van der Waals surface area contributed by atoms with Gasteiger partial charge in [0.2, 0.25) is 5.41 Å². The first-order chi connectivity index (χ1) is 11.6. The van der Waals surface area contributed by atoms with E-state index in [0.29, 0.717) is 24.2 Å². The number of benzene rings is 1. The Balaban J connectivity index is 2.34. The van der Waals surface area contributed by atoms with E-state index >= 15 is 0 Å². The second-order valence-electron chi connectivity index (χ2n) is 5.84. The lowest BCUT2D eigenvalue weighted by Crippen LogP contribution is -2.46. The molecule has 118 valence electrons. The third kappa shape index (κ3) is 2.00. The van der Waals surface area contributed by atoms with Gasteiger partial charge in [0.15, 0.2) is 0 Å². The number of nitrogens with one attached hydrogen (secondary N) is 1. The average Bonchev–Trinajstić information content (AvgIpc) is 2.62. The second-order valence-corrected chi connectivity index (χ2v) is 5.84. The minimum absolute atomic E-state index is 0.0901. The number of allylic oxidation sites excluding steroid dienone is 2. The molecule has 2 atom stereocenters. The molecule has 0 spiro atoms. The van der Waals surface area contributed by atoms with Crippen LogP contribution < -0.4 is 11.1 Å². The van der Waals surface area contributed by atoms with Crippen molar-refractivity contribution in [2.24, 2.45) is 17.1 Å². The molecule has 1 aromatic carbocycles. The second kappa shape index (κ2) is 5.81. The molecule has 0 aromatic heterocycles. The van der Waals surface area contributed by atoms with Crippen LogP contribution in [-0.4, -0.2) is 13.1 Å². The zero-order chi connectivity index (χ0) is 17.3. The van der Waals surface area contributed by atoms with Gasteiger partial charge < -0.3 is 11.1 Å². The van der Waals surface area contributed by atoms with Gasteiger partial charge in [-0.2, -0.15) is 15.8 Å². The lowest BCUT2D eigenvalue weighted by molar-refractivity contribution is 0.397. The Morgan fingerprint density at radius 2 is 1.92 bits per heavy atom. The Bertz CT molecular complexity index is 864. The van der Waals surface area contributed by atoms with Gasteiger partial charge >= 0.3 is 0 Å². The van der Waals surface area contributed by atoms with Crippen molar-refractivity contribution in [1.82, 2.24) is 5.32 Å². The number of hydrogen-bond acceptors (Lipinski definition) is 5. The number of nitriles is 3. The summed E-state index contributed by atoms with van der Waals surface area (Å²) in [6, 6.07) is 12.2. The zero-order valence-corrected chi connectivity index (χ0v) is 12.8. The highest BCUT2D eigenvalue weighted by molar-refractivity contribution is 5.58. The average molecular weight is 319 g/mol. The molecular formula is C18H14FN5. The molecule has 2 unspecified atom stereocenters. The van der Waals surface area contributed by atoms with Crippen molar-refractivity contribution in [1.29, 1.82) is 15.8 Å². The number of nitrogens with two attached hydrogens (primary N) is 1. The molecule has 1 heterocycles. The fourth-order valence-electron chi connectivity index (χ4n) is 3.64. The molecule has 0 bridgehead atoms. The summed E-state index contributed by atoms with van der Waals surface area (Å²) < 4.78 is 14.4. The fourth-order valence-corrected chi connectivity index (χ4v) is 3.64. The van der Waals surface area contributed by atoms with Gasteiger partial charge in [0.1, 0.15) is 5.82 Å². The molecule has 2 aliphatic rings. The van der Waals surface area contributed by atoms with Crippen molar-refractivity contribution in [2.45, 2.75) is 5.92 Å². The third-order valence-electron chi connectivity index (χ3n) is 4.77. The van der Waals surface area contributed by atoms with Crippen molar-refractivity contribution >= 4 is 0 Å². The minimum Gasteiger partial charge on any atom is -0.399 e. The number of rotatable bonds is 1. The summed E-state index contributed by atoms with van der Waals surface area (Å²) >= 11 is 0. The van der Waals surface area contributed by atoms with Gasteiger partial charge in [-0.1, -0.05) is 24.3 Å². The largest absolute Gasteiger partial charge is 0.399 e. The quantitative estimate of drug-likeness (QED) is 0.768. The Labute approximate surface area is 139 Å². The molecule has 1 aliphatic carbocycles. The van der Waals surface area contributed by atoms with Crippen LogP contribution in [0.1, 0.15) is 11.5 Å². The van der Waals surface area contributed by atoms with E-state index in [0.717, 1.165) is 0 Å². The molecular weight excluding hydrogens is 305 g/mol. The molecule has 0 amide bonds. The first-order valence-corrected chi connectivity index (χ1v) is 7.49. The van der Waals surface area contributed by atoms with Crippen LogP contribution in [0.3, 0.4) is 0 Å². The van der Waals surface area contributed by atoms with Gasteiger partial charge in [-0.25, -0.2) is 4.39 Å². The molecule has 1 aliphatic heterocycles. The van der Waals surface area contributed by atoms with Gasteiger partial charge in [-0.05, 0) is 17.2 Å². The van der Waals surface area contributed by atoms with Gasteiger partial charge in [0, 0.05) is 24.9 Å². The van der Waals surface area contributed by atoms with Gasteiger partial charge in [0.05, 0.1) is 29.5 Å². The normalized spacial score (nSPS) is 24.8. The van der Waals surface area contributed by atoms with Gasteiger partial charge in [-0.3, -0.25) is 0 Å². The highest BCUT2D eigenvalue weighted by Gasteiger charge is 2.52. The monoisotopic (exact) mass is 319 g/mol. The van der Waals surface area contributed by atoms with E-state index in [2.05, 4.69) is 5.32 Å². The van der Waals surface area contributed by atoms with Crippen LogP contribution in [0, 0.1) is 51.1 Å². The lowest BCUT2D eigenvalue weighted by Gasteiger charge is -2.42. The molecule has 1 aromatic rings. The van der Waals surface area contributed by atoms with E-state index in [-0.39, 0.29) is 17.2 Å². The SMILES string of the molecule is N#CC1=C(N)C(C#N)(C#N)C2=CCNCC2C1c1ccccc1F. The van der Waals surface area contributed by atoms with Crippen molar-refractivity contribution in [3.05, 3.63) is 58.6 Å². The standard InChI is InChI=1S/C18H14FN5/c19-15-4-2-1-3-11(15)16-12(7-20)17(23)18(9-21,10-22)14-5-6-24-8-13(14)16/h1-5,13,16,24H,6,8,23H2. The number of fused-ring (bicyclic) bond motifs is 1. The highest BCUT2D eigenvalue weighted by atomic mass is 19.1. The molecule has 0 saturated carbocycles. The third-order valence-corrected chi connectivity index (χ3v) is 4.77. The predicted molar refractivity (Wildman–Crippen MR) is 84.1 cm³/mol.